The van der Waals surface area contributed by atoms with Gasteiger partial charge in [0.1, 0.15) is 5.69 Å². The van der Waals surface area contributed by atoms with Crippen molar-refractivity contribution < 1.29 is 18.1 Å². The molecule has 23 heavy (non-hydrogen) atoms. The molecule has 0 N–H and O–H groups in total. The zero-order valence-electron chi connectivity index (χ0n) is 12.7. The molecule has 5 nitrogen and oxygen atoms in total. The van der Waals surface area contributed by atoms with Crippen molar-refractivity contribution in [3.8, 4) is 0 Å². The molecule has 0 amide bonds. The normalized spacial score (nSPS) is 19.3. The molecule has 1 heterocycles. The van der Waals surface area contributed by atoms with Crippen molar-refractivity contribution in [2.45, 2.75) is 25.1 Å². The number of benzene rings is 1. The summed E-state index contributed by atoms with van der Waals surface area (Å²) in [7, 11) is 3.81. The Morgan fingerprint density at radius 3 is 2.57 bits per heavy atom. The monoisotopic (exact) mass is 351 g/mol. The first-order valence-corrected chi connectivity index (χ1v) is 7.45. The van der Waals surface area contributed by atoms with Gasteiger partial charge in [0.25, 0.3) is 5.69 Å². The fourth-order valence-electron chi connectivity index (χ4n) is 2.76. The third-order valence-electron chi connectivity index (χ3n) is 4.03. The van der Waals surface area contributed by atoms with E-state index in [0.29, 0.717) is 19.2 Å². The molecule has 9 heteroatoms. The number of halogens is 4. The minimum Gasteiger partial charge on any atom is -0.364 e. The molecule has 0 spiro atoms. The summed E-state index contributed by atoms with van der Waals surface area (Å²) in [6.07, 6.45) is -2.99. The van der Waals surface area contributed by atoms with E-state index < -0.39 is 27.4 Å². The first-order valence-electron chi connectivity index (χ1n) is 7.07. The van der Waals surface area contributed by atoms with Gasteiger partial charge in [0.2, 0.25) is 0 Å². The lowest BCUT2D eigenvalue weighted by Crippen LogP contribution is -2.45. The predicted octanol–water partition coefficient (Wildman–Crippen LogP) is 3.80. The molecule has 1 aliphatic rings. The van der Waals surface area contributed by atoms with Crippen LogP contribution in [0.3, 0.4) is 0 Å². The summed E-state index contributed by atoms with van der Waals surface area (Å²) in [4.78, 5) is 14.2. The van der Waals surface area contributed by atoms with E-state index in [1.165, 1.54) is 0 Å². The van der Waals surface area contributed by atoms with Crippen LogP contribution in [0.25, 0.3) is 0 Å². The summed E-state index contributed by atoms with van der Waals surface area (Å²) in [5.41, 5.74) is -1.61. The van der Waals surface area contributed by atoms with Gasteiger partial charge >= 0.3 is 6.18 Å². The highest BCUT2D eigenvalue weighted by atomic mass is 35.5. The number of rotatable bonds is 3. The lowest BCUT2D eigenvalue weighted by atomic mass is 10.0. The largest absolute Gasteiger partial charge is 0.418 e. The smallest absolute Gasteiger partial charge is 0.364 e. The Kier molecular flexibility index (Phi) is 5.05. The summed E-state index contributed by atoms with van der Waals surface area (Å²) in [6, 6.07) is 1.77. The van der Waals surface area contributed by atoms with Gasteiger partial charge in [-0.05, 0) is 33.0 Å². The maximum absolute atomic E-state index is 12.9. The average molecular weight is 352 g/mol. The SMILES string of the molecule is CN(C)[C@@H]1CCCN(c2cc(Cl)c(C(F)(F)F)cc2[N+](=O)[O-])C1. The molecule has 0 radical (unpaired) electrons. The number of piperidine rings is 1. The molecule has 1 aliphatic heterocycles. The van der Waals surface area contributed by atoms with Crippen LogP contribution in [0.4, 0.5) is 24.5 Å². The number of nitro benzene ring substituents is 1. The molecule has 0 aliphatic carbocycles. The van der Waals surface area contributed by atoms with Gasteiger partial charge in [0, 0.05) is 25.2 Å². The molecule has 1 aromatic carbocycles. The van der Waals surface area contributed by atoms with Crippen LogP contribution in [0.2, 0.25) is 5.02 Å². The van der Waals surface area contributed by atoms with Crippen molar-refractivity contribution in [2.75, 3.05) is 32.1 Å². The summed E-state index contributed by atoms with van der Waals surface area (Å²) >= 11 is 5.73. The fourth-order valence-corrected chi connectivity index (χ4v) is 3.03. The maximum Gasteiger partial charge on any atom is 0.418 e. The first kappa shape index (κ1) is 17.8. The zero-order valence-corrected chi connectivity index (χ0v) is 13.5. The van der Waals surface area contributed by atoms with Gasteiger partial charge in [-0.2, -0.15) is 13.2 Å². The molecular formula is C14H17ClF3N3O2. The van der Waals surface area contributed by atoms with Gasteiger partial charge in [-0.15, -0.1) is 0 Å². The Hall–Kier alpha value is -1.54. The van der Waals surface area contributed by atoms with Crippen LogP contribution in [0.15, 0.2) is 12.1 Å². The molecule has 128 valence electrons. The van der Waals surface area contributed by atoms with Crippen LogP contribution in [0.5, 0.6) is 0 Å². The summed E-state index contributed by atoms with van der Waals surface area (Å²) in [6.45, 7) is 1.06. The van der Waals surface area contributed by atoms with E-state index in [-0.39, 0.29) is 11.7 Å². The third-order valence-corrected chi connectivity index (χ3v) is 4.35. The minimum atomic E-state index is -4.73. The summed E-state index contributed by atoms with van der Waals surface area (Å²) in [5, 5.41) is 10.7. The van der Waals surface area contributed by atoms with Crippen molar-refractivity contribution in [3.05, 3.63) is 32.8 Å². The molecular weight excluding hydrogens is 335 g/mol. The molecule has 0 aromatic heterocycles. The van der Waals surface area contributed by atoms with Crippen LogP contribution in [-0.4, -0.2) is 43.0 Å². The van der Waals surface area contributed by atoms with Gasteiger partial charge in [-0.25, -0.2) is 0 Å². The fraction of sp³-hybridized carbons (Fsp3) is 0.571. The number of likely N-dealkylation sites (N-methyl/N-ethyl adjacent to an activating group) is 1. The number of anilines is 1. The number of hydrogen-bond donors (Lipinski definition) is 0. The van der Waals surface area contributed by atoms with Gasteiger partial charge in [-0.3, -0.25) is 10.1 Å². The standard InChI is InChI=1S/C14H17ClF3N3O2/c1-19(2)9-4-3-5-20(8-9)12-7-11(15)10(14(16,17)18)6-13(12)21(22)23/h6-7,9H,3-5,8H2,1-2H3/t9-/m1/s1. The Morgan fingerprint density at radius 1 is 1.39 bits per heavy atom. The number of nitrogens with zero attached hydrogens (tertiary/aromatic N) is 3. The molecule has 2 rings (SSSR count). The van der Waals surface area contributed by atoms with Crippen molar-refractivity contribution >= 4 is 23.0 Å². The topological polar surface area (TPSA) is 49.6 Å². The Labute approximate surface area is 136 Å². The van der Waals surface area contributed by atoms with Crippen LogP contribution in [0.1, 0.15) is 18.4 Å². The Balaban J connectivity index is 2.45. The van der Waals surface area contributed by atoms with Crippen LogP contribution in [0, 0.1) is 10.1 Å². The first-order chi connectivity index (χ1) is 10.6. The average Bonchev–Trinajstić information content (AvgIpc) is 2.45. The van der Waals surface area contributed by atoms with Crippen LogP contribution < -0.4 is 4.90 Å². The lowest BCUT2D eigenvalue weighted by Gasteiger charge is -2.37. The highest BCUT2D eigenvalue weighted by Crippen LogP contribution is 2.42. The maximum atomic E-state index is 12.9. The Morgan fingerprint density at radius 2 is 2.04 bits per heavy atom. The molecule has 1 atom stereocenters. The molecule has 1 saturated heterocycles. The lowest BCUT2D eigenvalue weighted by molar-refractivity contribution is -0.384. The van der Waals surface area contributed by atoms with Gasteiger partial charge < -0.3 is 9.80 Å². The molecule has 1 aromatic rings. The summed E-state index contributed by atoms with van der Waals surface area (Å²) in [5.74, 6) is 0. The molecule has 0 saturated carbocycles. The van der Waals surface area contributed by atoms with Gasteiger partial charge in [0.15, 0.2) is 0 Å². The molecule has 0 bridgehead atoms. The molecule has 1 fully saturated rings. The second kappa shape index (κ2) is 6.52. The van der Waals surface area contributed by atoms with Crippen molar-refractivity contribution in [3.63, 3.8) is 0 Å². The highest BCUT2D eigenvalue weighted by Gasteiger charge is 2.37. The van der Waals surface area contributed by atoms with Crippen LogP contribution in [-0.2, 0) is 6.18 Å². The predicted molar refractivity (Wildman–Crippen MR) is 82.0 cm³/mol. The van der Waals surface area contributed by atoms with E-state index in [0.717, 1.165) is 18.9 Å². The number of nitro groups is 1. The van der Waals surface area contributed by atoms with Crippen molar-refractivity contribution in [2.24, 2.45) is 0 Å². The Bertz CT molecular complexity index is 608. The third kappa shape index (κ3) is 3.87. The second-order valence-electron chi connectivity index (χ2n) is 5.78. The van der Waals surface area contributed by atoms with Crippen molar-refractivity contribution in [1.82, 2.24) is 4.90 Å². The van der Waals surface area contributed by atoms with E-state index >= 15 is 0 Å². The van der Waals surface area contributed by atoms with E-state index in [4.69, 9.17) is 11.6 Å². The van der Waals surface area contributed by atoms with Crippen molar-refractivity contribution in [1.29, 1.82) is 0 Å². The number of alkyl halides is 3. The van der Waals surface area contributed by atoms with E-state index in [2.05, 4.69) is 0 Å². The molecule has 0 unspecified atom stereocenters. The van der Waals surface area contributed by atoms with Gasteiger partial charge in [0.05, 0.1) is 15.5 Å². The number of hydrogen-bond acceptors (Lipinski definition) is 4. The van der Waals surface area contributed by atoms with E-state index in [9.17, 15) is 23.3 Å². The summed E-state index contributed by atoms with van der Waals surface area (Å²) < 4.78 is 38.7. The second-order valence-corrected chi connectivity index (χ2v) is 6.19. The van der Waals surface area contributed by atoms with Gasteiger partial charge in [-0.1, -0.05) is 11.6 Å². The van der Waals surface area contributed by atoms with Crippen LogP contribution >= 0.6 is 11.6 Å². The van der Waals surface area contributed by atoms with E-state index in [1.54, 1.807) is 4.90 Å². The quantitative estimate of drug-likeness (QED) is 0.614. The minimum absolute atomic E-state index is 0.138. The zero-order chi connectivity index (χ0) is 17.4. The van der Waals surface area contributed by atoms with E-state index in [1.807, 2.05) is 19.0 Å². The highest BCUT2D eigenvalue weighted by molar-refractivity contribution is 6.31.